The van der Waals surface area contributed by atoms with E-state index in [1.54, 1.807) is 0 Å². The molecule has 17 heavy (non-hydrogen) atoms. The first kappa shape index (κ1) is 12.8. The lowest BCUT2D eigenvalue weighted by Gasteiger charge is -2.35. The van der Waals surface area contributed by atoms with Crippen LogP contribution in [-0.4, -0.2) is 54.0 Å². The maximum atomic E-state index is 12.2. The Morgan fingerprint density at radius 3 is 2.65 bits per heavy atom. The Balaban J connectivity index is 1.84. The van der Waals surface area contributed by atoms with Gasteiger partial charge < -0.3 is 10.6 Å². The molecule has 0 aromatic heterocycles. The van der Waals surface area contributed by atoms with Crippen LogP contribution in [0.2, 0.25) is 0 Å². The van der Waals surface area contributed by atoms with Crippen LogP contribution in [0.3, 0.4) is 0 Å². The lowest BCUT2D eigenvalue weighted by molar-refractivity contribution is -0.133. The van der Waals surface area contributed by atoms with Crippen molar-refractivity contribution in [2.45, 2.75) is 45.2 Å². The molecular weight excluding hydrogens is 214 g/mol. The number of amides is 1. The van der Waals surface area contributed by atoms with Crippen LogP contribution in [0, 0.1) is 5.92 Å². The molecule has 1 aliphatic heterocycles. The lowest BCUT2D eigenvalue weighted by atomic mass is 9.96. The molecule has 2 N–H and O–H groups in total. The van der Waals surface area contributed by atoms with Gasteiger partial charge >= 0.3 is 0 Å². The summed E-state index contributed by atoms with van der Waals surface area (Å²) in [5.41, 5.74) is 6.01. The van der Waals surface area contributed by atoms with E-state index in [-0.39, 0.29) is 11.9 Å². The van der Waals surface area contributed by atoms with Crippen molar-refractivity contribution in [2.75, 3.05) is 26.2 Å². The number of rotatable bonds is 4. The second-order valence-corrected chi connectivity index (χ2v) is 5.71. The number of hydrogen-bond donors (Lipinski definition) is 1. The van der Waals surface area contributed by atoms with Gasteiger partial charge in [0.2, 0.25) is 5.91 Å². The van der Waals surface area contributed by atoms with E-state index in [1.807, 2.05) is 4.90 Å². The molecule has 1 saturated carbocycles. The minimum absolute atomic E-state index is 0.238. The molecule has 2 unspecified atom stereocenters. The molecule has 1 amide bonds. The molecule has 0 spiro atoms. The second-order valence-electron chi connectivity index (χ2n) is 5.71. The van der Waals surface area contributed by atoms with E-state index in [0.717, 1.165) is 26.1 Å². The van der Waals surface area contributed by atoms with Gasteiger partial charge in [-0.05, 0) is 32.1 Å². The summed E-state index contributed by atoms with van der Waals surface area (Å²) < 4.78 is 0. The number of hydrogen-bond acceptors (Lipinski definition) is 3. The first-order valence-electron chi connectivity index (χ1n) is 6.87. The van der Waals surface area contributed by atoms with Crippen molar-refractivity contribution in [3.05, 3.63) is 0 Å². The van der Waals surface area contributed by atoms with Crippen LogP contribution in [0.4, 0.5) is 0 Å². The fraction of sp³-hybridized carbons (Fsp3) is 0.923. The van der Waals surface area contributed by atoms with E-state index in [9.17, 15) is 4.79 Å². The highest BCUT2D eigenvalue weighted by atomic mass is 16.2. The van der Waals surface area contributed by atoms with E-state index >= 15 is 0 Å². The zero-order chi connectivity index (χ0) is 12.4. The first-order chi connectivity index (χ1) is 8.10. The zero-order valence-electron chi connectivity index (χ0n) is 11.1. The Morgan fingerprint density at radius 2 is 2.12 bits per heavy atom. The summed E-state index contributed by atoms with van der Waals surface area (Å²) in [5, 5.41) is 0. The fourth-order valence-corrected chi connectivity index (χ4v) is 2.95. The smallest absolute Gasteiger partial charge is 0.236 e. The molecule has 2 atom stereocenters. The van der Waals surface area contributed by atoms with Gasteiger partial charge in [0, 0.05) is 31.7 Å². The third kappa shape index (κ3) is 3.42. The van der Waals surface area contributed by atoms with Crippen LogP contribution in [0.25, 0.3) is 0 Å². The van der Waals surface area contributed by atoms with Gasteiger partial charge in [0.05, 0.1) is 6.54 Å². The topological polar surface area (TPSA) is 49.6 Å². The Kier molecular flexibility index (Phi) is 4.05. The summed E-state index contributed by atoms with van der Waals surface area (Å²) in [6.07, 6.45) is 3.47. The van der Waals surface area contributed by atoms with Crippen molar-refractivity contribution in [2.24, 2.45) is 11.7 Å². The second kappa shape index (κ2) is 5.36. The number of nitrogens with zero attached hydrogens (tertiary/aromatic N) is 2. The Morgan fingerprint density at radius 1 is 1.41 bits per heavy atom. The first-order valence-corrected chi connectivity index (χ1v) is 6.87. The molecule has 98 valence electrons. The van der Waals surface area contributed by atoms with E-state index in [4.69, 9.17) is 5.73 Å². The van der Waals surface area contributed by atoms with Crippen LogP contribution in [0.5, 0.6) is 0 Å². The molecule has 1 aliphatic carbocycles. The highest BCUT2D eigenvalue weighted by Gasteiger charge is 2.32. The summed E-state index contributed by atoms with van der Waals surface area (Å²) in [6.45, 7) is 7.58. The van der Waals surface area contributed by atoms with Crippen LogP contribution >= 0.6 is 0 Å². The molecule has 2 fully saturated rings. The maximum Gasteiger partial charge on any atom is 0.236 e. The van der Waals surface area contributed by atoms with Crippen LogP contribution in [0.1, 0.15) is 33.1 Å². The molecule has 1 saturated heterocycles. The number of likely N-dealkylation sites (N-methyl/N-ethyl adjacent to an activating group) is 1. The van der Waals surface area contributed by atoms with Gasteiger partial charge in [0.25, 0.3) is 0 Å². The number of carbonyl (C=O) groups is 1. The van der Waals surface area contributed by atoms with Crippen LogP contribution in [0.15, 0.2) is 0 Å². The molecule has 0 aromatic carbocycles. The van der Waals surface area contributed by atoms with Crippen molar-refractivity contribution < 1.29 is 4.79 Å². The number of nitrogens with two attached hydrogens (primary N) is 1. The van der Waals surface area contributed by atoms with E-state index in [2.05, 4.69) is 18.7 Å². The minimum atomic E-state index is 0.238. The monoisotopic (exact) mass is 239 g/mol. The van der Waals surface area contributed by atoms with Gasteiger partial charge in [-0.15, -0.1) is 0 Å². The number of piperidine rings is 1. The average Bonchev–Trinajstić information content (AvgIpc) is 3.01. The van der Waals surface area contributed by atoms with Crippen molar-refractivity contribution in [3.8, 4) is 0 Å². The summed E-state index contributed by atoms with van der Waals surface area (Å²) in [4.78, 5) is 16.4. The SMILES string of the molecule is CCN(C(=O)CN1CC(C)CC(N)C1)C1CC1. The maximum absolute atomic E-state index is 12.2. The third-order valence-electron chi connectivity index (χ3n) is 3.78. The number of carbonyl (C=O) groups excluding carboxylic acids is 1. The molecule has 2 rings (SSSR count). The van der Waals surface area contributed by atoms with Crippen molar-refractivity contribution in [1.29, 1.82) is 0 Å². The zero-order valence-corrected chi connectivity index (χ0v) is 11.1. The lowest BCUT2D eigenvalue weighted by Crippen LogP contribution is -2.50. The minimum Gasteiger partial charge on any atom is -0.339 e. The van der Waals surface area contributed by atoms with Crippen molar-refractivity contribution >= 4 is 5.91 Å². The molecule has 1 heterocycles. The molecule has 0 radical (unpaired) electrons. The Hall–Kier alpha value is -0.610. The van der Waals surface area contributed by atoms with Gasteiger partial charge in [0.1, 0.15) is 0 Å². The van der Waals surface area contributed by atoms with E-state index < -0.39 is 0 Å². The van der Waals surface area contributed by atoms with E-state index in [1.165, 1.54) is 12.8 Å². The summed E-state index contributed by atoms with van der Waals surface area (Å²) in [6, 6.07) is 0.769. The van der Waals surface area contributed by atoms with Gasteiger partial charge in [0.15, 0.2) is 0 Å². The standard InChI is InChI=1S/C13H25N3O/c1-3-16(12-4-5-12)13(17)9-15-7-10(2)6-11(14)8-15/h10-12H,3-9,14H2,1-2H3. The van der Waals surface area contributed by atoms with Gasteiger partial charge in [-0.2, -0.15) is 0 Å². The average molecular weight is 239 g/mol. The Bertz CT molecular complexity index is 268. The summed E-state index contributed by atoms with van der Waals surface area (Å²) in [7, 11) is 0. The Labute approximate surface area is 104 Å². The normalized spacial score (nSPS) is 30.3. The summed E-state index contributed by atoms with van der Waals surface area (Å²) >= 11 is 0. The predicted octanol–water partition coefficient (Wildman–Crippen LogP) is 0.666. The summed E-state index contributed by atoms with van der Waals surface area (Å²) in [5.74, 6) is 0.902. The highest BCUT2D eigenvalue weighted by molar-refractivity contribution is 5.79. The van der Waals surface area contributed by atoms with Gasteiger partial charge in [-0.25, -0.2) is 0 Å². The molecule has 4 heteroatoms. The molecule has 0 aromatic rings. The van der Waals surface area contributed by atoms with Crippen molar-refractivity contribution in [1.82, 2.24) is 9.80 Å². The highest BCUT2D eigenvalue weighted by Crippen LogP contribution is 2.26. The van der Waals surface area contributed by atoms with Crippen LogP contribution < -0.4 is 5.73 Å². The largest absolute Gasteiger partial charge is 0.339 e. The van der Waals surface area contributed by atoms with E-state index in [0.29, 0.717) is 18.5 Å². The molecule has 0 bridgehead atoms. The number of likely N-dealkylation sites (tertiary alicyclic amines) is 1. The van der Waals surface area contributed by atoms with Gasteiger partial charge in [-0.1, -0.05) is 6.92 Å². The van der Waals surface area contributed by atoms with Gasteiger partial charge in [-0.3, -0.25) is 9.69 Å². The fourth-order valence-electron chi connectivity index (χ4n) is 2.95. The third-order valence-corrected chi connectivity index (χ3v) is 3.78. The molecule has 2 aliphatic rings. The molecule has 4 nitrogen and oxygen atoms in total. The predicted molar refractivity (Wildman–Crippen MR) is 68.6 cm³/mol. The van der Waals surface area contributed by atoms with Crippen molar-refractivity contribution in [3.63, 3.8) is 0 Å². The quantitative estimate of drug-likeness (QED) is 0.784. The molecular formula is C13H25N3O. The van der Waals surface area contributed by atoms with Crippen LogP contribution in [-0.2, 0) is 4.79 Å².